The van der Waals surface area contributed by atoms with Gasteiger partial charge in [-0.05, 0) is 65.1 Å². The fraction of sp³-hybridized carbons (Fsp3) is 0.593. The van der Waals surface area contributed by atoms with Crippen LogP contribution in [0.3, 0.4) is 0 Å². The highest BCUT2D eigenvalue weighted by Crippen LogP contribution is 2.44. The van der Waals surface area contributed by atoms with Gasteiger partial charge in [0.15, 0.2) is 0 Å². The number of ether oxygens (including phenoxy) is 3. The predicted molar refractivity (Wildman–Crippen MR) is 134 cm³/mol. The maximum Gasteiger partial charge on any atom is 0.471 e. The van der Waals surface area contributed by atoms with Crippen LogP contribution < -0.4 is 9.64 Å². The Morgan fingerprint density at radius 1 is 1.18 bits per heavy atom. The molecule has 1 fully saturated rings. The number of carbonyl (C=O) groups excluding carboxylic acids is 3. The maximum absolute atomic E-state index is 13.5. The molecule has 0 spiro atoms. The number of cyclic esters (lactones) is 1. The largest absolute Gasteiger partial charge is 0.496 e. The van der Waals surface area contributed by atoms with Gasteiger partial charge in [-0.25, -0.2) is 4.79 Å². The highest BCUT2D eigenvalue weighted by molar-refractivity contribution is 6.08. The van der Waals surface area contributed by atoms with Gasteiger partial charge in [-0.1, -0.05) is 11.6 Å². The first-order chi connectivity index (χ1) is 18.0. The third-order valence-corrected chi connectivity index (χ3v) is 6.97. The van der Waals surface area contributed by atoms with Crippen LogP contribution in [0.2, 0.25) is 0 Å². The van der Waals surface area contributed by atoms with E-state index in [9.17, 15) is 27.6 Å². The molecule has 1 saturated heterocycles. The lowest BCUT2D eigenvalue weighted by Gasteiger charge is -2.28. The van der Waals surface area contributed by atoms with Gasteiger partial charge in [0.2, 0.25) is 0 Å². The summed E-state index contributed by atoms with van der Waals surface area (Å²) in [5.41, 5.74) is 1.84. The number of allylic oxidation sites excluding steroid dienone is 2. The summed E-state index contributed by atoms with van der Waals surface area (Å²) in [6.07, 6.45) is -0.415. The van der Waals surface area contributed by atoms with Crippen LogP contribution in [-0.4, -0.2) is 68.8 Å². The smallest absolute Gasteiger partial charge is 0.471 e. The van der Waals surface area contributed by atoms with Crippen molar-refractivity contribution in [3.8, 4) is 5.75 Å². The highest BCUT2D eigenvalue weighted by atomic mass is 19.4. The topological polar surface area (TPSA) is 85.4 Å². The van der Waals surface area contributed by atoms with Gasteiger partial charge >= 0.3 is 24.0 Å². The predicted octanol–water partition coefficient (Wildman–Crippen LogP) is 4.50. The second-order valence-electron chi connectivity index (χ2n) is 9.49. The Bertz CT molecular complexity index is 1090. The van der Waals surface area contributed by atoms with Crippen molar-refractivity contribution in [2.24, 2.45) is 0 Å². The van der Waals surface area contributed by atoms with Crippen LogP contribution in [0.25, 0.3) is 0 Å². The lowest BCUT2D eigenvalue weighted by molar-refractivity contribution is -0.170. The van der Waals surface area contributed by atoms with Crippen molar-refractivity contribution < 1.29 is 41.8 Å². The molecule has 0 unspecified atom stereocenters. The van der Waals surface area contributed by atoms with Crippen molar-refractivity contribution in [2.75, 3.05) is 44.8 Å². The summed E-state index contributed by atoms with van der Waals surface area (Å²) in [6, 6.07) is 0. The molecule has 1 aromatic carbocycles. The molecule has 0 aromatic heterocycles. The number of likely N-dealkylation sites (tertiary alicyclic amines) is 1. The summed E-state index contributed by atoms with van der Waals surface area (Å²) < 4.78 is 56.5. The van der Waals surface area contributed by atoms with Crippen molar-refractivity contribution in [1.29, 1.82) is 0 Å². The molecule has 0 aliphatic carbocycles. The van der Waals surface area contributed by atoms with E-state index in [1.807, 2.05) is 0 Å². The number of carbonyl (C=O) groups is 3. The van der Waals surface area contributed by atoms with Crippen LogP contribution in [0.1, 0.15) is 66.6 Å². The molecule has 8 nitrogen and oxygen atoms in total. The summed E-state index contributed by atoms with van der Waals surface area (Å²) >= 11 is 0. The van der Waals surface area contributed by atoms with Crippen molar-refractivity contribution in [2.45, 2.75) is 65.7 Å². The summed E-state index contributed by atoms with van der Waals surface area (Å²) in [6.45, 7) is 7.58. The van der Waals surface area contributed by atoms with Gasteiger partial charge in [-0.2, -0.15) is 13.2 Å². The van der Waals surface area contributed by atoms with E-state index in [2.05, 4.69) is 4.90 Å². The van der Waals surface area contributed by atoms with Crippen molar-refractivity contribution in [3.05, 3.63) is 33.9 Å². The van der Waals surface area contributed by atoms with Gasteiger partial charge in [-0.3, -0.25) is 14.5 Å². The zero-order chi connectivity index (χ0) is 28.0. The van der Waals surface area contributed by atoms with E-state index >= 15 is 0 Å². The van der Waals surface area contributed by atoms with Crippen molar-refractivity contribution in [3.63, 3.8) is 0 Å². The number of rotatable bonds is 11. The third kappa shape index (κ3) is 6.67. The van der Waals surface area contributed by atoms with Crippen molar-refractivity contribution >= 4 is 23.5 Å². The molecule has 210 valence electrons. The Hall–Kier alpha value is -3.08. The van der Waals surface area contributed by atoms with Gasteiger partial charge < -0.3 is 19.1 Å². The summed E-state index contributed by atoms with van der Waals surface area (Å²) in [4.78, 5) is 40.0. The van der Waals surface area contributed by atoms with Crippen LogP contribution in [-0.2, 0) is 32.1 Å². The zero-order valence-corrected chi connectivity index (χ0v) is 22.3. The molecule has 0 N–H and O–H groups in total. The summed E-state index contributed by atoms with van der Waals surface area (Å²) in [5, 5.41) is 0. The number of methoxy groups -OCH3 is 1. The number of hydrogen-bond acceptors (Lipinski definition) is 7. The molecule has 0 saturated carbocycles. The van der Waals surface area contributed by atoms with Gasteiger partial charge in [0, 0.05) is 30.6 Å². The average molecular weight is 541 g/mol. The SMILES string of the molecule is CCN(C(=O)C(F)(F)F)c1c(CC=C(C)CCC(=O)OCCN2CCCC2)c(OC)c(C)c2c1C(=O)OC2. The minimum absolute atomic E-state index is 0.0506. The van der Waals surface area contributed by atoms with Gasteiger partial charge in [-0.15, -0.1) is 0 Å². The third-order valence-electron chi connectivity index (χ3n) is 6.97. The van der Waals surface area contributed by atoms with Gasteiger partial charge in [0.25, 0.3) is 0 Å². The molecular formula is C27H35F3N2O6. The number of anilines is 1. The van der Waals surface area contributed by atoms with E-state index < -0.39 is 18.1 Å². The lowest BCUT2D eigenvalue weighted by Crippen LogP contribution is -2.42. The number of fused-ring (bicyclic) bond motifs is 1. The average Bonchev–Trinajstić information content (AvgIpc) is 3.52. The summed E-state index contributed by atoms with van der Waals surface area (Å²) in [7, 11) is 1.39. The monoisotopic (exact) mass is 540 g/mol. The molecular weight excluding hydrogens is 505 g/mol. The van der Waals surface area contributed by atoms with Crippen LogP contribution >= 0.6 is 0 Å². The minimum Gasteiger partial charge on any atom is -0.496 e. The number of alkyl halides is 3. The highest BCUT2D eigenvalue weighted by Gasteiger charge is 2.45. The molecule has 38 heavy (non-hydrogen) atoms. The minimum atomic E-state index is -5.14. The van der Waals surface area contributed by atoms with E-state index in [4.69, 9.17) is 14.2 Å². The second-order valence-corrected chi connectivity index (χ2v) is 9.49. The molecule has 0 atom stereocenters. The Morgan fingerprint density at radius 3 is 2.47 bits per heavy atom. The van der Waals surface area contributed by atoms with Crippen LogP contribution in [0.4, 0.5) is 18.9 Å². The Morgan fingerprint density at radius 2 is 1.87 bits per heavy atom. The number of benzene rings is 1. The molecule has 3 rings (SSSR count). The zero-order valence-electron chi connectivity index (χ0n) is 22.3. The maximum atomic E-state index is 13.5. The second kappa shape index (κ2) is 12.6. The van der Waals surface area contributed by atoms with Crippen molar-refractivity contribution in [1.82, 2.24) is 4.90 Å². The number of nitrogens with zero attached hydrogens (tertiary/aromatic N) is 2. The Kier molecular flexibility index (Phi) is 9.81. The molecule has 2 aliphatic rings. The summed E-state index contributed by atoms with van der Waals surface area (Å²) in [5.74, 6) is -2.89. The fourth-order valence-electron chi connectivity index (χ4n) is 4.93. The first kappa shape index (κ1) is 29.5. The molecule has 0 radical (unpaired) electrons. The molecule has 2 aliphatic heterocycles. The lowest BCUT2D eigenvalue weighted by atomic mass is 9.92. The van der Waals surface area contributed by atoms with E-state index in [0.717, 1.165) is 31.5 Å². The molecule has 11 heteroatoms. The number of halogens is 3. The van der Waals surface area contributed by atoms with Crippen LogP contribution in [0.5, 0.6) is 5.75 Å². The van der Waals surface area contributed by atoms with E-state index in [-0.39, 0.29) is 54.5 Å². The van der Waals surface area contributed by atoms with Crippen LogP contribution in [0.15, 0.2) is 11.6 Å². The fourth-order valence-corrected chi connectivity index (χ4v) is 4.93. The number of hydrogen-bond donors (Lipinski definition) is 0. The first-order valence-electron chi connectivity index (χ1n) is 12.8. The van der Waals surface area contributed by atoms with E-state index in [0.29, 0.717) is 35.6 Å². The Labute approximate surface area is 220 Å². The molecule has 0 bridgehead atoms. The molecule has 1 aromatic rings. The van der Waals surface area contributed by atoms with Gasteiger partial charge in [0.1, 0.15) is 19.0 Å². The standard InChI is InChI=1S/C27H35F3N2O6/c1-5-32(26(35)27(28,29)30)23-19(24(36-4)18(3)20-16-38-25(34)22(20)23)10-8-17(2)9-11-21(33)37-15-14-31-12-6-7-13-31/h8H,5-7,9-16H2,1-4H3. The number of esters is 2. The first-order valence-corrected chi connectivity index (χ1v) is 12.8. The van der Waals surface area contributed by atoms with Gasteiger partial charge in [0.05, 0.1) is 18.4 Å². The van der Waals surface area contributed by atoms with Crippen LogP contribution in [0, 0.1) is 6.92 Å². The Balaban J connectivity index is 1.83. The quantitative estimate of drug-likeness (QED) is 0.302. The molecule has 1 amide bonds. The molecule has 2 heterocycles. The van der Waals surface area contributed by atoms with E-state index in [1.54, 1.807) is 19.9 Å². The normalized spacial score (nSPS) is 15.9. The number of amides is 1. The van der Waals surface area contributed by atoms with E-state index in [1.165, 1.54) is 14.0 Å².